The van der Waals surface area contributed by atoms with Crippen LogP contribution in [0.2, 0.25) is 5.02 Å². The first kappa shape index (κ1) is 24.7. The highest BCUT2D eigenvalue weighted by molar-refractivity contribution is 6.30. The number of amides is 3. The van der Waals surface area contributed by atoms with Crippen LogP contribution >= 0.6 is 11.6 Å². The standard InChI is InChI=1S/C25H27ClFN5O3/c1-4-18-11-15(2)30-32(18)19-9-10-22(21(27)12-19)29-24(33)23-13-20(35-3)14-31(23)25(34)28-17-7-5-16(26)6-8-17/h5-12,20,23H,4,13-14H2,1-3H3,(H,28,34)(H,29,33)/t20-,23-/m1/s1. The van der Waals surface area contributed by atoms with Crippen LogP contribution in [0.15, 0.2) is 48.5 Å². The number of likely N-dealkylation sites (tertiary alicyclic amines) is 1. The van der Waals surface area contributed by atoms with Crippen molar-refractivity contribution in [3.63, 3.8) is 0 Å². The van der Waals surface area contributed by atoms with Crippen molar-refractivity contribution in [3.05, 3.63) is 70.8 Å². The molecule has 3 aromatic rings. The van der Waals surface area contributed by atoms with Crippen LogP contribution in [0.4, 0.5) is 20.6 Å². The number of nitrogens with one attached hydrogen (secondary N) is 2. The second-order valence-electron chi connectivity index (χ2n) is 8.39. The van der Waals surface area contributed by atoms with Crippen LogP contribution in [0.5, 0.6) is 0 Å². The van der Waals surface area contributed by atoms with E-state index in [1.54, 1.807) is 35.0 Å². The van der Waals surface area contributed by atoms with E-state index in [0.29, 0.717) is 22.8 Å². The Bertz CT molecular complexity index is 1230. The maximum absolute atomic E-state index is 15.0. The number of carbonyl (C=O) groups excluding carboxylic acids is 2. The number of hydrogen-bond acceptors (Lipinski definition) is 4. The molecule has 8 nitrogen and oxygen atoms in total. The zero-order valence-electron chi connectivity index (χ0n) is 19.7. The topological polar surface area (TPSA) is 88.5 Å². The Morgan fingerprint density at radius 1 is 1.17 bits per heavy atom. The number of rotatable bonds is 6. The molecule has 1 aliphatic rings. The molecule has 35 heavy (non-hydrogen) atoms. The van der Waals surface area contributed by atoms with Crippen molar-refractivity contribution in [2.45, 2.75) is 38.8 Å². The second-order valence-corrected chi connectivity index (χ2v) is 8.83. The van der Waals surface area contributed by atoms with E-state index in [2.05, 4.69) is 15.7 Å². The molecule has 4 rings (SSSR count). The minimum Gasteiger partial charge on any atom is -0.380 e. The Hall–Kier alpha value is -3.43. The number of aryl methyl sites for hydroxylation is 2. The second kappa shape index (κ2) is 10.5. The average Bonchev–Trinajstić information content (AvgIpc) is 3.45. The van der Waals surface area contributed by atoms with E-state index < -0.39 is 23.8 Å². The van der Waals surface area contributed by atoms with Crippen LogP contribution in [-0.2, 0) is 16.0 Å². The van der Waals surface area contributed by atoms with Gasteiger partial charge in [-0.2, -0.15) is 5.10 Å². The highest BCUT2D eigenvalue weighted by Gasteiger charge is 2.40. The first-order valence-electron chi connectivity index (χ1n) is 11.3. The highest BCUT2D eigenvalue weighted by atomic mass is 35.5. The maximum Gasteiger partial charge on any atom is 0.322 e. The van der Waals surface area contributed by atoms with Crippen LogP contribution in [0.25, 0.3) is 5.69 Å². The molecule has 1 fully saturated rings. The monoisotopic (exact) mass is 499 g/mol. The number of carbonyl (C=O) groups is 2. The number of nitrogens with zero attached hydrogens (tertiary/aromatic N) is 3. The molecule has 0 aliphatic carbocycles. The van der Waals surface area contributed by atoms with Gasteiger partial charge in [-0.3, -0.25) is 4.79 Å². The Kier molecular flexibility index (Phi) is 7.37. The maximum atomic E-state index is 15.0. The van der Waals surface area contributed by atoms with E-state index in [-0.39, 0.29) is 18.3 Å². The molecule has 0 saturated carbocycles. The minimum atomic E-state index is -0.827. The fraction of sp³-hybridized carbons (Fsp3) is 0.320. The Balaban J connectivity index is 1.50. The van der Waals surface area contributed by atoms with E-state index in [0.717, 1.165) is 17.8 Å². The quantitative estimate of drug-likeness (QED) is 0.510. The zero-order chi connectivity index (χ0) is 25.1. The lowest BCUT2D eigenvalue weighted by Crippen LogP contribution is -2.45. The number of aromatic nitrogens is 2. The molecule has 3 amide bonds. The lowest BCUT2D eigenvalue weighted by molar-refractivity contribution is -0.119. The molecule has 1 aromatic heterocycles. The first-order chi connectivity index (χ1) is 16.8. The summed E-state index contributed by atoms with van der Waals surface area (Å²) in [5.41, 5.74) is 2.93. The van der Waals surface area contributed by atoms with E-state index in [1.807, 2.05) is 19.9 Å². The van der Waals surface area contributed by atoms with Gasteiger partial charge in [0.05, 0.1) is 23.2 Å². The third-order valence-corrected chi connectivity index (χ3v) is 6.23. The molecular formula is C25H27ClFN5O3. The summed E-state index contributed by atoms with van der Waals surface area (Å²) in [6.45, 7) is 4.11. The first-order valence-corrected chi connectivity index (χ1v) is 11.7. The third kappa shape index (κ3) is 5.47. The van der Waals surface area contributed by atoms with Gasteiger partial charge in [-0.25, -0.2) is 13.9 Å². The summed E-state index contributed by atoms with van der Waals surface area (Å²) in [6, 6.07) is 11.8. The van der Waals surface area contributed by atoms with Gasteiger partial charge in [0.25, 0.3) is 0 Å². The Labute approximate surface area is 208 Å². The summed E-state index contributed by atoms with van der Waals surface area (Å²) in [7, 11) is 1.53. The summed E-state index contributed by atoms with van der Waals surface area (Å²) in [5, 5.41) is 10.4. The molecule has 0 radical (unpaired) electrons. The summed E-state index contributed by atoms with van der Waals surface area (Å²) in [5.74, 6) is -1.09. The molecule has 10 heteroatoms. The van der Waals surface area contributed by atoms with Gasteiger partial charge in [0.1, 0.15) is 11.9 Å². The molecule has 2 heterocycles. The van der Waals surface area contributed by atoms with Crippen LogP contribution < -0.4 is 10.6 Å². The van der Waals surface area contributed by atoms with Gasteiger partial charge in [0, 0.05) is 42.5 Å². The number of hydrogen-bond donors (Lipinski definition) is 2. The Morgan fingerprint density at radius 2 is 1.91 bits per heavy atom. The largest absolute Gasteiger partial charge is 0.380 e. The number of anilines is 2. The molecule has 1 saturated heterocycles. The van der Waals surface area contributed by atoms with Crippen molar-refractivity contribution in [2.75, 3.05) is 24.3 Å². The van der Waals surface area contributed by atoms with Crippen LogP contribution in [-0.4, -0.2) is 52.4 Å². The molecule has 0 spiro atoms. The number of halogens is 2. The number of benzene rings is 2. The van der Waals surface area contributed by atoms with Crippen molar-refractivity contribution >= 4 is 34.9 Å². The number of methoxy groups -OCH3 is 1. The summed E-state index contributed by atoms with van der Waals surface area (Å²) < 4.78 is 22.0. The van der Waals surface area contributed by atoms with Gasteiger partial charge in [-0.05, 0) is 55.8 Å². The Morgan fingerprint density at radius 3 is 2.57 bits per heavy atom. The van der Waals surface area contributed by atoms with E-state index in [4.69, 9.17) is 16.3 Å². The predicted octanol–water partition coefficient (Wildman–Crippen LogP) is 4.80. The van der Waals surface area contributed by atoms with Gasteiger partial charge in [0.2, 0.25) is 5.91 Å². The van der Waals surface area contributed by atoms with Crippen LogP contribution in [0, 0.1) is 12.7 Å². The lowest BCUT2D eigenvalue weighted by Gasteiger charge is -2.24. The molecule has 2 aromatic carbocycles. The highest BCUT2D eigenvalue weighted by Crippen LogP contribution is 2.25. The summed E-state index contributed by atoms with van der Waals surface area (Å²) in [4.78, 5) is 27.4. The van der Waals surface area contributed by atoms with Crippen molar-refractivity contribution in [1.82, 2.24) is 14.7 Å². The van der Waals surface area contributed by atoms with E-state index in [9.17, 15) is 14.0 Å². The molecule has 2 N–H and O–H groups in total. The average molecular weight is 500 g/mol. The molecule has 2 atom stereocenters. The third-order valence-electron chi connectivity index (χ3n) is 5.98. The molecular weight excluding hydrogens is 473 g/mol. The van der Waals surface area contributed by atoms with Gasteiger partial charge in [-0.15, -0.1) is 0 Å². The van der Waals surface area contributed by atoms with Crippen molar-refractivity contribution in [1.29, 1.82) is 0 Å². The SMILES string of the molecule is CCc1cc(C)nn1-c1ccc(NC(=O)[C@H]2C[C@@H](OC)CN2C(=O)Nc2ccc(Cl)cc2)c(F)c1. The molecule has 0 unspecified atom stereocenters. The van der Waals surface area contributed by atoms with Crippen LogP contribution in [0.1, 0.15) is 24.7 Å². The molecule has 0 bridgehead atoms. The molecule has 184 valence electrons. The normalized spacial score (nSPS) is 17.5. The van der Waals surface area contributed by atoms with Crippen molar-refractivity contribution in [3.8, 4) is 5.69 Å². The van der Waals surface area contributed by atoms with E-state index in [1.165, 1.54) is 24.1 Å². The van der Waals surface area contributed by atoms with Gasteiger partial charge in [0.15, 0.2) is 0 Å². The van der Waals surface area contributed by atoms with Gasteiger partial charge < -0.3 is 20.3 Å². The minimum absolute atomic E-state index is 0.0274. The number of ether oxygens (including phenoxy) is 1. The van der Waals surface area contributed by atoms with Crippen LogP contribution in [0.3, 0.4) is 0 Å². The van der Waals surface area contributed by atoms with Crippen molar-refractivity contribution < 1.29 is 18.7 Å². The van der Waals surface area contributed by atoms with E-state index >= 15 is 0 Å². The summed E-state index contributed by atoms with van der Waals surface area (Å²) >= 11 is 5.90. The van der Waals surface area contributed by atoms with Crippen molar-refractivity contribution in [2.24, 2.45) is 0 Å². The smallest absolute Gasteiger partial charge is 0.322 e. The lowest BCUT2D eigenvalue weighted by atomic mass is 10.1. The fourth-order valence-corrected chi connectivity index (χ4v) is 4.28. The molecule has 1 aliphatic heterocycles. The zero-order valence-corrected chi connectivity index (χ0v) is 20.5. The predicted molar refractivity (Wildman–Crippen MR) is 133 cm³/mol. The summed E-state index contributed by atoms with van der Waals surface area (Å²) in [6.07, 6.45) is 0.726. The number of urea groups is 1. The van der Waals surface area contributed by atoms with Gasteiger partial charge >= 0.3 is 6.03 Å². The van der Waals surface area contributed by atoms with Gasteiger partial charge in [-0.1, -0.05) is 18.5 Å². The fourth-order valence-electron chi connectivity index (χ4n) is 4.15.